The van der Waals surface area contributed by atoms with Gasteiger partial charge in [-0.1, -0.05) is 30.3 Å². The minimum absolute atomic E-state index is 0.147. The number of aliphatic hydroxyl groups is 1. The van der Waals surface area contributed by atoms with Crippen LogP contribution >= 0.6 is 0 Å². The van der Waals surface area contributed by atoms with Gasteiger partial charge in [0.2, 0.25) is 0 Å². The van der Waals surface area contributed by atoms with E-state index in [9.17, 15) is 5.11 Å². The van der Waals surface area contributed by atoms with E-state index >= 15 is 0 Å². The van der Waals surface area contributed by atoms with Gasteiger partial charge in [-0.2, -0.15) is 0 Å². The van der Waals surface area contributed by atoms with E-state index in [2.05, 4.69) is 30.8 Å². The first-order chi connectivity index (χ1) is 9.08. The summed E-state index contributed by atoms with van der Waals surface area (Å²) in [5, 5.41) is 10.4. The summed E-state index contributed by atoms with van der Waals surface area (Å²) < 4.78 is 0. The summed E-state index contributed by atoms with van der Waals surface area (Å²) in [6.45, 7) is 5.55. The third-order valence-electron chi connectivity index (χ3n) is 4.33. The number of hydrogen-bond acceptors (Lipinski definition) is 3. The number of rotatable bonds is 5. The molecule has 3 heteroatoms. The van der Waals surface area contributed by atoms with Gasteiger partial charge in [0.25, 0.3) is 0 Å². The molecule has 0 aromatic heterocycles. The molecule has 1 heterocycles. The molecular formula is C16H26N2O. The first-order valence-electron chi connectivity index (χ1n) is 7.19. The van der Waals surface area contributed by atoms with Crippen LogP contribution in [0.4, 0.5) is 0 Å². The second-order valence-corrected chi connectivity index (χ2v) is 5.95. The molecule has 0 amide bonds. The molecule has 106 valence electrons. The first kappa shape index (κ1) is 14.5. The van der Waals surface area contributed by atoms with Crippen LogP contribution in [0.25, 0.3) is 0 Å². The van der Waals surface area contributed by atoms with Gasteiger partial charge in [0.15, 0.2) is 0 Å². The number of benzene rings is 1. The van der Waals surface area contributed by atoms with E-state index in [1.807, 2.05) is 30.3 Å². The fourth-order valence-corrected chi connectivity index (χ4v) is 2.92. The van der Waals surface area contributed by atoms with Crippen LogP contribution in [0.2, 0.25) is 0 Å². The van der Waals surface area contributed by atoms with E-state index in [4.69, 9.17) is 0 Å². The molecule has 1 saturated heterocycles. The molecule has 1 aromatic carbocycles. The molecule has 19 heavy (non-hydrogen) atoms. The summed E-state index contributed by atoms with van der Waals surface area (Å²) in [5.41, 5.74) is 1.00. The monoisotopic (exact) mass is 262 g/mol. The molecule has 0 aliphatic carbocycles. The van der Waals surface area contributed by atoms with Gasteiger partial charge >= 0.3 is 0 Å². The fourth-order valence-electron chi connectivity index (χ4n) is 2.92. The van der Waals surface area contributed by atoms with E-state index in [1.54, 1.807) is 0 Å². The van der Waals surface area contributed by atoms with Crippen LogP contribution in [0.5, 0.6) is 0 Å². The van der Waals surface area contributed by atoms with Crippen molar-refractivity contribution in [3.8, 4) is 0 Å². The highest BCUT2D eigenvalue weighted by Crippen LogP contribution is 2.22. The Morgan fingerprint density at radius 1 is 1.37 bits per heavy atom. The molecule has 0 bridgehead atoms. The standard InChI is InChI=1S/C16H26N2O/c1-13(16(19)15-7-5-4-6-8-15)18(3)12-14-9-10-17(2)11-14/h4-8,13-14,16,19H,9-12H2,1-3H3. The topological polar surface area (TPSA) is 26.7 Å². The fraction of sp³-hybridized carbons (Fsp3) is 0.625. The highest BCUT2D eigenvalue weighted by Gasteiger charge is 2.25. The molecule has 1 aliphatic heterocycles. The summed E-state index contributed by atoms with van der Waals surface area (Å²) in [6, 6.07) is 10.1. The number of likely N-dealkylation sites (N-methyl/N-ethyl adjacent to an activating group) is 1. The summed E-state index contributed by atoms with van der Waals surface area (Å²) >= 11 is 0. The van der Waals surface area contributed by atoms with Crippen molar-refractivity contribution in [2.75, 3.05) is 33.7 Å². The lowest BCUT2D eigenvalue weighted by Crippen LogP contribution is -2.38. The molecule has 1 N–H and O–H groups in total. The van der Waals surface area contributed by atoms with E-state index in [-0.39, 0.29) is 6.04 Å². The smallest absolute Gasteiger partial charge is 0.0942 e. The van der Waals surface area contributed by atoms with E-state index in [0.717, 1.165) is 18.0 Å². The van der Waals surface area contributed by atoms with Gasteiger partial charge in [0, 0.05) is 19.1 Å². The number of aliphatic hydroxyl groups excluding tert-OH is 1. The van der Waals surface area contributed by atoms with Crippen molar-refractivity contribution in [3.05, 3.63) is 35.9 Å². The number of hydrogen-bond donors (Lipinski definition) is 1. The Hall–Kier alpha value is -0.900. The highest BCUT2D eigenvalue weighted by atomic mass is 16.3. The molecule has 2 rings (SSSR count). The summed E-state index contributed by atoms with van der Waals surface area (Å²) in [7, 11) is 4.30. The van der Waals surface area contributed by atoms with Gasteiger partial charge in [-0.25, -0.2) is 0 Å². The Labute approximate surface area is 116 Å². The average molecular weight is 262 g/mol. The molecule has 1 aliphatic rings. The lowest BCUT2D eigenvalue weighted by molar-refractivity contribution is 0.0649. The lowest BCUT2D eigenvalue weighted by atomic mass is 10.0. The number of nitrogens with zero attached hydrogens (tertiary/aromatic N) is 2. The van der Waals surface area contributed by atoms with Crippen LogP contribution in [-0.2, 0) is 0 Å². The van der Waals surface area contributed by atoms with Gasteiger partial charge < -0.3 is 14.9 Å². The second kappa shape index (κ2) is 6.51. The average Bonchev–Trinajstić information content (AvgIpc) is 2.83. The van der Waals surface area contributed by atoms with Crippen LogP contribution in [0.15, 0.2) is 30.3 Å². The highest BCUT2D eigenvalue weighted by molar-refractivity contribution is 5.18. The van der Waals surface area contributed by atoms with Gasteiger partial charge in [0.1, 0.15) is 0 Å². The van der Waals surface area contributed by atoms with Crippen molar-refractivity contribution in [2.24, 2.45) is 5.92 Å². The normalized spacial score (nSPS) is 23.7. The Kier molecular flexibility index (Phi) is 4.97. The predicted octanol–water partition coefficient (Wildman–Crippen LogP) is 1.99. The van der Waals surface area contributed by atoms with Gasteiger partial charge in [0.05, 0.1) is 6.10 Å². The van der Waals surface area contributed by atoms with Crippen LogP contribution in [0, 0.1) is 5.92 Å². The summed E-state index contributed by atoms with van der Waals surface area (Å²) in [5.74, 6) is 0.737. The zero-order valence-corrected chi connectivity index (χ0v) is 12.3. The van der Waals surface area contributed by atoms with Gasteiger partial charge in [-0.15, -0.1) is 0 Å². The summed E-state index contributed by atoms with van der Waals surface area (Å²) in [6.07, 6.45) is 0.861. The van der Waals surface area contributed by atoms with Crippen molar-refractivity contribution in [1.82, 2.24) is 9.80 Å². The Bertz CT molecular complexity index is 382. The molecule has 1 aromatic rings. The Morgan fingerprint density at radius 3 is 2.63 bits per heavy atom. The maximum Gasteiger partial charge on any atom is 0.0942 e. The summed E-state index contributed by atoms with van der Waals surface area (Å²) in [4.78, 5) is 4.68. The van der Waals surface area contributed by atoms with E-state index in [1.165, 1.54) is 19.5 Å². The lowest BCUT2D eigenvalue weighted by Gasteiger charge is -2.31. The molecule has 0 radical (unpaired) electrons. The molecule has 3 nitrogen and oxygen atoms in total. The minimum atomic E-state index is -0.412. The third-order valence-corrected chi connectivity index (χ3v) is 4.33. The number of likely N-dealkylation sites (tertiary alicyclic amines) is 1. The van der Waals surface area contributed by atoms with Gasteiger partial charge in [-0.05, 0) is 45.5 Å². The largest absolute Gasteiger partial charge is 0.387 e. The molecule has 1 fully saturated rings. The van der Waals surface area contributed by atoms with E-state index in [0.29, 0.717) is 0 Å². The van der Waals surface area contributed by atoms with Crippen molar-refractivity contribution in [1.29, 1.82) is 0 Å². The van der Waals surface area contributed by atoms with Crippen molar-refractivity contribution in [3.63, 3.8) is 0 Å². The van der Waals surface area contributed by atoms with Crippen LogP contribution < -0.4 is 0 Å². The van der Waals surface area contributed by atoms with E-state index < -0.39 is 6.10 Å². The molecule has 0 spiro atoms. The SMILES string of the molecule is CC(C(O)c1ccccc1)N(C)CC1CCN(C)C1. The second-order valence-electron chi connectivity index (χ2n) is 5.95. The van der Waals surface area contributed by atoms with Crippen molar-refractivity contribution in [2.45, 2.75) is 25.5 Å². The molecule has 0 saturated carbocycles. The third kappa shape index (κ3) is 3.78. The quantitative estimate of drug-likeness (QED) is 0.879. The van der Waals surface area contributed by atoms with Crippen LogP contribution in [-0.4, -0.2) is 54.7 Å². The van der Waals surface area contributed by atoms with Crippen molar-refractivity contribution >= 4 is 0 Å². The maximum absolute atomic E-state index is 10.4. The Morgan fingerprint density at radius 2 is 2.05 bits per heavy atom. The predicted molar refractivity (Wildman–Crippen MR) is 79.1 cm³/mol. The zero-order chi connectivity index (χ0) is 13.8. The van der Waals surface area contributed by atoms with Crippen LogP contribution in [0.1, 0.15) is 25.0 Å². The molecule has 3 unspecified atom stereocenters. The molecular weight excluding hydrogens is 236 g/mol. The van der Waals surface area contributed by atoms with Crippen LogP contribution in [0.3, 0.4) is 0 Å². The van der Waals surface area contributed by atoms with Crippen molar-refractivity contribution < 1.29 is 5.11 Å². The first-order valence-corrected chi connectivity index (χ1v) is 7.19. The Balaban J connectivity index is 1.89. The maximum atomic E-state index is 10.4. The minimum Gasteiger partial charge on any atom is -0.387 e. The van der Waals surface area contributed by atoms with Gasteiger partial charge in [-0.3, -0.25) is 0 Å². The molecule has 3 atom stereocenters. The zero-order valence-electron chi connectivity index (χ0n) is 12.3.